The van der Waals surface area contributed by atoms with Crippen molar-refractivity contribution in [2.75, 3.05) is 20.3 Å². The second kappa shape index (κ2) is 8.77. The highest BCUT2D eigenvalue weighted by atomic mass is 16.5. The van der Waals surface area contributed by atoms with Crippen LogP contribution in [0.3, 0.4) is 0 Å². The maximum absolute atomic E-state index is 11.7. The standard InChI is InChI=1S/C16H22N2O5/c1-10(2)18-15(20)8-17-16(21)9-23-13-6-5-12(11(3)19)7-14(13)22-4/h5-7,10H,8-9H2,1-4H3,(H,17,21)(H,18,20). The van der Waals surface area contributed by atoms with Gasteiger partial charge in [0.1, 0.15) is 0 Å². The molecule has 0 unspecified atom stereocenters. The largest absolute Gasteiger partial charge is 0.493 e. The van der Waals surface area contributed by atoms with Crippen LogP contribution in [0, 0.1) is 0 Å². The van der Waals surface area contributed by atoms with Crippen LogP contribution in [0.2, 0.25) is 0 Å². The molecule has 0 fully saturated rings. The molecule has 126 valence electrons. The lowest BCUT2D eigenvalue weighted by molar-refractivity contribution is -0.127. The summed E-state index contributed by atoms with van der Waals surface area (Å²) < 4.78 is 10.5. The Balaban J connectivity index is 2.52. The molecule has 0 saturated carbocycles. The number of rotatable bonds is 8. The first-order chi connectivity index (χ1) is 10.8. The summed E-state index contributed by atoms with van der Waals surface area (Å²) >= 11 is 0. The van der Waals surface area contributed by atoms with Gasteiger partial charge in [-0.25, -0.2) is 0 Å². The summed E-state index contributed by atoms with van der Waals surface area (Å²) in [6.45, 7) is 4.75. The Labute approximate surface area is 135 Å². The Kier molecular flexibility index (Phi) is 7.05. The van der Waals surface area contributed by atoms with Gasteiger partial charge in [0.2, 0.25) is 5.91 Å². The number of hydrogen-bond acceptors (Lipinski definition) is 5. The molecule has 0 aliphatic carbocycles. The lowest BCUT2D eigenvalue weighted by Crippen LogP contribution is -2.41. The van der Waals surface area contributed by atoms with Crippen molar-refractivity contribution >= 4 is 17.6 Å². The zero-order valence-electron chi connectivity index (χ0n) is 13.8. The fourth-order valence-corrected chi connectivity index (χ4v) is 1.75. The van der Waals surface area contributed by atoms with Crippen molar-refractivity contribution in [3.63, 3.8) is 0 Å². The molecule has 0 aliphatic rings. The third-order valence-electron chi connectivity index (χ3n) is 2.82. The van der Waals surface area contributed by atoms with Gasteiger partial charge in [-0.15, -0.1) is 0 Å². The molecule has 0 atom stereocenters. The van der Waals surface area contributed by atoms with Crippen LogP contribution in [-0.2, 0) is 9.59 Å². The van der Waals surface area contributed by atoms with Crippen LogP contribution < -0.4 is 20.1 Å². The van der Waals surface area contributed by atoms with E-state index >= 15 is 0 Å². The van der Waals surface area contributed by atoms with Crippen molar-refractivity contribution < 1.29 is 23.9 Å². The highest BCUT2D eigenvalue weighted by Crippen LogP contribution is 2.28. The summed E-state index contributed by atoms with van der Waals surface area (Å²) in [5.74, 6) is -0.0792. The molecule has 7 nitrogen and oxygen atoms in total. The molecule has 0 aromatic heterocycles. The predicted molar refractivity (Wildman–Crippen MR) is 84.8 cm³/mol. The van der Waals surface area contributed by atoms with E-state index in [9.17, 15) is 14.4 Å². The Bertz CT molecular complexity index is 584. The molecule has 0 bridgehead atoms. The van der Waals surface area contributed by atoms with Crippen molar-refractivity contribution in [1.82, 2.24) is 10.6 Å². The van der Waals surface area contributed by atoms with Crippen LogP contribution in [0.25, 0.3) is 0 Å². The fourth-order valence-electron chi connectivity index (χ4n) is 1.75. The highest BCUT2D eigenvalue weighted by Gasteiger charge is 2.11. The minimum atomic E-state index is -0.429. The number of carbonyl (C=O) groups excluding carboxylic acids is 3. The van der Waals surface area contributed by atoms with E-state index in [1.165, 1.54) is 14.0 Å². The number of amides is 2. The van der Waals surface area contributed by atoms with E-state index in [1.54, 1.807) is 18.2 Å². The quantitative estimate of drug-likeness (QED) is 0.694. The Morgan fingerprint density at radius 2 is 1.83 bits per heavy atom. The molecule has 0 aliphatic heterocycles. The molecule has 1 rings (SSSR count). The number of methoxy groups -OCH3 is 1. The first kappa shape index (κ1) is 18.5. The molecule has 0 radical (unpaired) electrons. The van der Waals surface area contributed by atoms with Crippen molar-refractivity contribution in [3.8, 4) is 11.5 Å². The van der Waals surface area contributed by atoms with Crippen LogP contribution in [0.1, 0.15) is 31.1 Å². The zero-order valence-corrected chi connectivity index (χ0v) is 13.8. The molecule has 2 N–H and O–H groups in total. The summed E-state index contributed by atoms with van der Waals surface area (Å²) in [7, 11) is 1.45. The third kappa shape index (κ3) is 6.37. The fraction of sp³-hybridized carbons (Fsp3) is 0.438. The summed E-state index contributed by atoms with van der Waals surface area (Å²) in [4.78, 5) is 34.4. The first-order valence-electron chi connectivity index (χ1n) is 7.21. The Hall–Kier alpha value is -2.57. The van der Waals surface area contributed by atoms with Crippen molar-refractivity contribution in [2.45, 2.75) is 26.8 Å². The van der Waals surface area contributed by atoms with Gasteiger partial charge in [0.05, 0.1) is 13.7 Å². The van der Waals surface area contributed by atoms with Gasteiger partial charge in [-0.3, -0.25) is 14.4 Å². The lowest BCUT2D eigenvalue weighted by atomic mass is 10.1. The number of ketones is 1. The van der Waals surface area contributed by atoms with Crippen molar-refractivity contribution in [1.29, 1.82) is 0 Å². The minimum absolute atomic E-state index is 0.0136. The highest BCUT2D eigenvalue weighted by molar-refractivity contribution is 5.94. The van der Waals surface area contributed by atoms with Gasteiger partial charge in [-0.05, 0) is 39.0 Å². The van der Waals surface area contributed by atoms with Gasteiger partial charge in [-0.2, -0.15) is 0 Å². The third-order valence-corrected chi connectivity index (χ3v) is 2.82. The SMILES string of the molecule is COc1cc(C(C)=O)ccc1OCC(=O)NCC(=O)NC(C)C. The van der Waals surface area contributed by atoms with E-state index in [0.29, 0.717) is 17.1 Å². The first-order valence-corrected chi connectivity index (χ1v) is 7.21. The second-order valence-corrected chi connectivity index (χ2v) is 5.21. The number of hydrogen-bond donors (Lipinski definition) is 2. The predicted octanol–water partition coefficient (Wildman–Crippen LogP) is 0.917. The molecule has 7 heteroatoms. The Morgan fingerprint density at radius 3 is 2.39 bits per heavy atom. The van der Waals surface area contributed by atoms with Crippen LogP contribution in [0.5, 0.6) is 11.5 Å². The molecule has 1 aromatic rings. The molecule has 1 aromatic carbocycles. The minimum Gasteiger partial charge on any atom is -0.493 e. The monoisotopic (exact) mass is 322 g/mol. The maximum Gasteiger partial charge on any atom is 0.258 e. The number of ether oxygens (including phenoxy) is 2. The number of benzene rings is 1. The molecule has 0 spiro atoms. The van der Waals surface area contributed by atoms with E-state index < -0.39 is 5.91 Å². The van der Waals surface area contributed by atoms with Gasteiger partial charge in [0.15, 0.2) is 23.9 Å². The van der Waals surface area contributed by atoms with E-state index in [4.69, 9.17) is 9.47 Å². The van der Waals surface area contributed by atoms with Gasteiger partial charge < -0.3 is 20.1 Å². The van der Waals surface area contributed by atoms with Crippen LogP contribution in [0.4, 0.5) is 0 Å². The average molecular weight is 322 g/mol. The van der Waals surface area contributed by atoms with Crippen LogP contribution >= 0.6 is 0 Å². The van der Waals surface area contributed by atoms with Crippen LogP contribution in [0.15, 0.2) is 18.2 Å². The van der Waals surface area contributed by atoms with E-state index in [-0.39, 0.29) is 30.9 Å². The normalized spacial score (nSPS) is 10.1. The van der Waals surface area contributed by atoms with E-state index in [0.717, 1.165) is 0 Å². The summed E-state index contributed by atoms with van der Waals surface area (Å²) in [6, 6.07) is 4.72. The molecule has 23 heavy (non-hydrogen) atoms. The average Bonchev–Trinajstić information content (AvgIpc) is 2.49. The molecule has 2 amide bonds. The van der Waals surface area contributed by atoms with Gasteiger partial charge in [0, 0.05) is 11.6 Å². The smallest absolute Gasteiger partial charge is 0.258 e. The van der Waals surface area contributed by atoms with Crippen molar-refractivity contribution in [3.05, 3.63) is 23.8 Å². The molecule has 0 saturated heterocycles. The van der Waals surface area contributed by atoms with Gasteiger partial charge in [0.25, 0.3) is 5.91 Å². The van der Waals surface area contributed by atoms with Crippen molar-refractivity contribution in [2.24, 2.45) is 0 Å². The Morgan fingerprint density at radius 1 is 1.13 bits per heavy atom. The lowest BCUT2D eigenvalue weighted by Gasteiger charge is -2.12. The second-order valence-electron chi connectivity index (χ2n) is 5.21. The van der Waals surface area contributed by atoms with Gasteiger partial charge in [-0.1, -0.05) is 0 Å². The zero-order chi connectivity index (χ0) is 17.4. The molecular weight excluding hydrogens is 300 g/mol. The number of carbonyl (C=O) groups is 3. The number of nitrogens with one attached hydrogen (secondary N) is 2. The molecule has 0 heterocycles. The summed E-state index contributed by atoms with van der Waals surface area (Å²) in [5, 5.41) is 5.11. The van der Waals surface area contributed by atoms with Gasteiger partial charge >= 0.3 is 0 Å². The molecular formula is C16H22N2O5. The summed E-state index contributed by atoms with van der Waals surface area (Å²) in [6.07, 6.45) is 0. The summed E-state index contributed by atoms with van der Waals surface area (Å²) in [5.41, 5.74) is 0.490. The van der Waals surface area contributed by atoms with E-state index in [2.05, 4.69) is 10.6 Å². The van der Waals surface area contributed by atoms with E-state index in [1.807, 2.05) is 13.8 Å². The maximum atomic E-state index is 11.7. The van der Waals surface area contributed by atoms with Crippen LogP contribution in [-0.4, -0.2) is 43.9 Å². The topological polar surface area (TPSA) is 93.7 Å². The number of Topliss-reactive ketones (excluding diaryl/α,β-unsaturated/α-hetero) is 1.